The first-order valence-corrected chi connectivity index (χ1v) is 10.5. The summed E-state index contributed by atoms with van der Waals surface area (Å²) >= 11 is 0. The third-order valence-electron chi connectivity index (χ3n) is 5.81. The number of nitrogens with one attached hydrogen (secondary N) is 1. The van der Waals surface area contributed by atoms with Gasteiger partial charge in [-0.15, -0.1) is 0 Å². The highest BCUT2D eigenvalue weighted by Crippen LogP contribution is 2.37. The molecule has 0 atom stereocenters. The van der Waals surface area contributed by atoms with Crippen molar-refractivity contribution in [2.75, 3.05) is 18.2 Å². The lowest BCUT2D eigenvalue weighted by Gasteiger charge is -2.15. The van der Waals surface area contributed by atoms with E-state index in [1.165, 1.54) is 20.5 Å². The van der Waals surface area contributed by atoms with Gasteiger partial charge in [-0.25, -0.2) is 9.97 Å². The second-order valence-electron chi connectivity index (χ2n) is 7.96. The molecule has 0 aliphatic carbocycles. The number of nitrogen functional groups attached to an aromatic ring is 1. The Balaban J connectivity index is 1.47. The van der Waals surface area contributed by atoms with Crippen molar-refractivity contribution in [1.29, 1.82) is 0 Å². The number of carbonyl (C=O) groups excluding carboxylic acids is 1. The summed E-state index contributed by atoms with van der Waals surface area (Å²) in [5, 5.41) is 6.26. The van der Waals surface area contributed by atoms with Gasteiger partial charge in [-0.2, -0.15) is 18.3 Å². The number of hydrogen-bond donors (Lipinski definition) is 2. The molecule has 5 rings (SSSR count). The largest absolute Gasteiger partial charge is 0.494 e. The van der Waals surface area contributed by atoms with Crippen molar-refractivity contribution in [2.24, 2.45) is 7.05 Å². The van der Waals surface area contributed by atoms with Crippen LogP contribution in [0, 0.1) is 0 Å². The Bertz CT molecular complexity index is 1460. The maximum absolute atomic E-state index is 13.3. The Hall–Kier alpha value is -4.13. The number of halogens is 3. The number of alkyl halides is 3. The molecular weight excluding hydrogens is 467 g/mol. The third kappa shape index (κ3) is 3.83. The molecule has 1 amide bonds. The highest BCUT2D eigenvalue weighted by Gasteiger charge is 2.37. The molecule has 1 aliphatic heterocycles. The third-order valence-corrected chi connectivity index (χ3v) is 5.81. The van der Waals surface area contributed by atoms with E-state index in [-0.39, 0.29) is 5.56 Å². The Morgan fingerprint density at radius 1 is 1.29 bits per heavy atom. The highest BCUT2D eigenvalue weighted by molar-refractivity contribution is 5.95. The van der Waals surface area contributed by atoms with Gasteiger partial charge in [-0.3, -0.25) is 9.48 Å². The van der Waals surface area contributed by atoms with Gasteiger partial charge in [0.05, 0.1) is 44.3 Å². The Morgan fingerprint density at radius 2 is 2.09 bits per heavy atom. The number of methoxy groups -OCH3 is 1. The molecule has 3 aromatic heterocycles. The fraction of sp³-hybridized carbons (Fsp3) is 0.273. The number of nitrogens with zero attached hydrogens (tertiary/aromatic N) is 5. The van der Waals surface area contributed by atoms with Crippen LogP contribution in [0.1, 0.15) is 22.5 Å². The monoisotopic (exact) mass is 487 g/mol. The molecule has 0 saturated carbocycles. The summed E-state index contributed by atoms with van der Waals surface area (Å²) in [7, 11) is 2.60. The molecule has 4 aromatic rings. The molecule has 4 heterocycles. The standard InChI is InChI=1S/C22H20F3N7O3/c1-31-20(22(23,24)25)11(7-29-31)5-17(33)30-14-4-3-12(6-16(14)34-2)32-15-9-35-8-13(15)18-19(32)21(26)28-10-27-18/h3-4,6-7,10H,5,8-9H2,1-2H3,(H,30,33)(H2,26,27,28). The predicted octanol–water partition coefficient (Wildman–Crippen LogP) is 2.98. The normalized spacial score (nSPS) is 13.3. The molecular formula is C22H20F3N7O3. The summed E-state index contributed by atoms with van der Waals surface area (Å²) in [5.41, 5.74) is 9.05. The van der Waals surface area contributed by atoms with Gasteiger partial charge in [0.25, 0.3) is 0 Å². The minimum absolute atomic E-state index is 0.224. The number of aryl methyl sites for hydroxylation is 1. The van der Waals surface area contributed by atoms with Gasteiger partial charge in [0.1, 0.15) is 28.8 Å². The van der Waals surface area contributed by atoms with Crippen molar-refractivity contribution >= 4 is 28.4 Å². The maximum Gasteiger partial charge on any atom is 0.433 e. The van der Waals surface area contributed by atoms with E-state index in [4.69, 9.17) is 15.2 Å². The average Bonchev–Trinajstić information content (AvgIpc) is 3.49. The van der Waals surface area contributed by atoms with Gasteiger partial charge in [0.15, 0.2) is 5.82 Å². The van der Waals surface area contributed by atoms with Crippen LogP contribution in [0.2, 0.25) is 0 Å². The number of carbonyl (C=O) groups is 1. The molecule has 3 N–H and O–H groups in total. The van der Waals surface area contributed by atoms with Crippen molar-refractivity contribution in [3.8, 4) is 11.4 Å². The molecule has 0 fully saturated rings. The van der Waals surface area contributed by atoms with E-state index in [2.05, 4.69) is 20.4 Å². The topological polar surface area (TPSA) is 122 Å². The first-order valence-electron chi connectivity index (χ1n) is 10.5. The lowest BCUT2D eigenvalue weighted by molar-refractivity contribution is -0.144. The molecule has 1 aliphatic rings. The van der Waals surface area contributed by atoms with E-state index in [1.54, 1.807) is 18.2 Å². The Morgan fingerprint density at radius 3 is 2.83 bits per heavy atom. The predicted molar refractivity (Wildman–Crippen MR) is 119 cm³/mol. The smallest absolute Gasteiger partial charge is 0.433 e. The lowest BCUT2D eigenvalue weighted by Crippen LogP contribution is -2.19. The SMILES string of the molecule is COc1cc(-n2c3c(c4ncnc(N)c42)COC3)ccc1NC(=O)Cc1cnn(C)c1C(F)(F)F. The minimum atomic E-state index is -4.63. The number of aromatic nitrogens is 5. The van der Waals surface area contributed by atoms with Crippen LogP contribution >= 0.6 is 0 Å². The maximum atomic E-state index is 13.3. The number of benzene rings is 1. The second kappa shape index (κ2) is 8.27. The van der Waals surface area contributed by atoms with E-state index in [0.717, 1.165) is 17.5 Å². The van der Waals surface area contributed by atoms with E-state index in [9.17, 15) is 18.0 Å². The zero-order chi connectivity index (χ0) is 24.9. The van der Waals surface area contributed by atoms with Crippen LogP contribution in [-0.4, -0.2) is 37.3 Å². The lowest BCUT2D eigenvalue weighted by atomic mass is 10.1. The molecule has 10 nitrogen and oxygen atoms in total. The van der Waals surface area contributed by atoms with Crippen LogP contribution in [0.25, 0.3) is 16.7 Å². The van der Waals surface area contributed by atoms with Crippen LogP contribution < -0.4 is 15.8 Å². The Labute approximate surface area is 196 Å². The average molecular weight is 487 g/mol. The molecule has 0 radical (unpaired) electrons. The summed E-state index contributed by atoms with van der Waals surface area (Å²) in [4.78, 5) is 21.1. The fourth-order valence-corrected chi connectivity index (χ4v) is 4.35. The number of fused-ring (bicyclic) bond motifs is 3. The van der Waals surface area contributed by atoms with Gasteiger partial charge in [-0.05, 0) is 12.1 Å². The van der Waals surface area contributed by atoms with Crippen molar-refractivity contribution in [2.45, 2.75) is 25.8 Å². The van der Waals surface area contributed by atoms with Gasteiger partial charge < -0.3 is 25.1 Å². The summed E-state index contributed by atoms with van der Waals surface area (Å²) in [6.07, 6.45) is -2.70. The van der Waals surface area contributed by atoms with Gasteiger partial charge in [0, 0.05) is 29.9 Å². The second-order valence-corrected chi connectivity index (χ2v) is 7.96. The summed E-state index contributed by atoms with van der Waals surface area (Å²) in [5.74, 6) is -0.0337. The van der Waals surface area contributed by atoms with E-state index in [1.807, 2.05) is 4.57 Å². The van der Waals surface area contributed by atoms with Crippen LogP contribution in [-0.2, 0) is 42.4 Å². The number of anilines is 2. The molecule has 35 heavy (non-hydrogen) atoms. The molecule has 0 unspecified atom stereocenters. The quantitative estimate of drug-likeness (QED) is 0.444. The van der Waals surface area contributed by atoms with Gasteiger partial charge >= 0.3 is 6.18 Å². The van der Waals surface area contributed by atoms with Crippen molar-refractivity contribution in [3.05, 3.63) is 53.2 Å². The minimum Gasteiger partial charge on any atom is -0.494 e. The number of amides is 1. The van der Waals surface area contributed by atoms with E-state index >= 15 is 0 Å². The van der Waals surface area contributed by atoms with E-state index < -0.39 is 24.2 Å². The molecule has 0 spiro atoms. The van der Waals surface area contributed by atoms with Crippen molar-refractivity contribution in [3.63, 3.8) is 0 Å². The highest BCUT2D eigenvalue weighted by atomic mass is 19.4. The number of rotatable bonds is 5. The molecule has 0 saturated heterocycles. The molecule has 182 valence electrons. The number of ether oxygens (including phenoxy) is 2. The molecule has 0 bridgehead atoms. The summed E-state index contributed by atoms with van der Waals surface area (Å²) < 4.78 is 53.6. The zero-order valence-electron chi connectivity index (χ0n) is 18.7. The molecule has 13 heteroatoms. The summed E-state index contributed by atoms with van der Waals surface area (Å²) in [6, 6.07) is 5.02. The van der Waals surface area contributed by atoms with Gasteiger partial charge in [-0.1, -0.05) is 0 Å². The van der Waals surface area contributed by atoms with Crippen molar-refractivity contribution in [1.82, 2.24) is 24.3 Å². The first kappa shape index (κ1) is 22.7. The van der Waals surface area contributed by atoms with Crippen LogP contribution in [0.4, 0.5) is 24.7 Å². The van der Waals surface area contributed by atoms with Crippen molar-refractivity contribution < 1.29 is 27.4 Å². The van der Waals surface area contributed by atoms with E-state index in [0.29, 0.717) is 51.9 Å². The Kier molecular flexibility index (Phi) is 5.35. The van der Waals surface area contributed by atoms with Crippen LogP contribution in [0.5, 0.6) is 5.75 Å². The first-order chi connectivity index (χ1) is 16.7. The van der Waals surface area contributed by atoms with Gasteiger partial charge in [0.2, 0.25) is 5.91 Å². The summed E-state index contributed by atoms with van der Waals surface area (Å²) in [6.45, 7) is 0.757. The number of hydrogen-bond acceptors (Lipinski definition) is 7. The fourth-order valence-electron chi connectivity index (χ4n) is 4.35. The molecule has 1 aromatic carbocycles. The van der Waals surface area contributed by atoms with Crippen LogP contribution in [0.3, 0.4) is 0 Å². The number of nitrogens with two attached hydrogens (primary N) is 1. The van der Waals surface area contributed by atoms with Crippen LogP contribution in [0.15, 0.2) is 30.7 Å². The zero-order valence-corrected chi connectivity index (χ0v) is 18.7.